The highest BCUT2D eigenvalue weighted by Crippen LogP contribution is 2.44. The highest BCUT2D eigenvalue weighted by molar-refractivity contribution is 7.80. The second-order valence-corrected chi connectivity index (χ2v) is 8.57. The van der Waals surface area contributed by atoms with E-state index < -0.39 is 0 Å². The van der Waals surface area contributed by atoms with E-state index in [-0.39, 0.29) is 12.0 Å². The van der Waals surface area contributed by atoms with E-state index in [1.165, 1.54) is 22.3 Å². The van der Waals surface area contributed by atoms with Crippen LogP contribution in [0.4, 0.5) is 10.5 Å². The fourth-order valence-corrected chi connectivity index (χ4v) is 5.07. The van der Waals surface area contributed by atoms with Crippen LogP contribution in [0.5, 0.6) is 0 Å². The Balaban J connectivity index is 1.60. The molecule has 4 rings (SSSR count). The topological polar surface area (TPSA) is 55.6 Å². The van der Waals surface area contributed by atoms with Crippen LogP contribution in [0, 0.1) is 20.8 Å². The molecule has 2 N–H and O–H groups in total. The number of thiol groups is 1. The lowest BCUT2D eigenvalue weighted by Gasteiger charge is -2.26. The summed E-state index contributed by atoms with van der Waals surface area (Å²) in [6.45, 7) is 6.68. The van der Waals surface area contributed by atoms with Crippen LogP contribution in [0.1, 0.15) is 39.3 Å². The Hall–Kier alpha value is -2.76. The van der Waals surface area contributed by atoms with Gasteiger partial charge in [0.2, 0.25) is 0 Å². The van der Waals surface area contributed by atoms with E-state index in [0.29, 0.717) is 13.2 Å². The number of anilines is 1. The van der Waals surface area contributed by atoms with E-state index in [1.54, 1.807) is 11.9 Å². The van der Waals surface area contributed by atoms with Crippen molar-refractivity contribution in [2.45, 2.75) is 38.1 Å². The number of ether oxygens (including phenoxy) is 1. The maximum atomic E-state index is 13.1. The van der Waals surface area contributed by atoms with E-state index in [1.807, 2.05) is 45.0 Å². The summed E-state index contributed by atoms with van der Waals surface area (Å²) in [6, 6.07) is 16.7. The van der Waals surface area contributed by atoms with Gasteiger partial charge in [-0.05, 0) is 65.3 Å². The number of carbonyl (C=O) groups is 1. The van der Waals surface area contributed by atoms with Crippen LogP contribution in [-0.4, -0.2) is 19.7 Å². The van der Waals surface area contributed by atoms with Crippen LogP contribution in [0.3, 0.4) is 0 Å². The van der Waals surface area contributed by atoms with Crippen molar-refractivity contribution >= 4 is 24.4 Å². The van der Waals surface area contributed by atoms with Crippen molar-refractivity contribution in [3.63, 3.8) is 0 Å². The molecular formula is C26H28N2O2S. The smallest absolute Gasteiger partial charge is 0.414 e. The first-order chi connectivity index (χ1) is 14.9. The molecule has 5 heteroatoms. The molecule has 0 unspecified atom stereocenters. The molecule has 0 saturated carbocycles. The second-order valence-electron chi connectivity index (χ2n) is 8.12. The maximum absolute atomic E-state index is 13.1. The van der Waals surface area contributed by atoms with Gasteiger partial charge in [0, 0.05) is 24.4 Å². The van der Waals surface area contributed by atoms with Crippen LogP contribution < -0.4 is 10.6 Å². The van der Waals surface area contributed by atoms with Gasteiger partial charge in [0.05, 0.1) is 5.69 Å². The lowest BCUT2D eigenvalue weighted by molar-refractivity contribution is 0.151. The van der Waals surface area contributed by atoms with Crippen molar-refractivity contribution in [3.8, 4) is 11.1 Å². The SMILES string of the molecule is Cc1c(S)c(C)c(N(C)C(=O)OCC2c3ccccc3-c3ccccc32)c(C)c1CN. The van der Waals surface area contributed by atoms with Crippen molar-refractivity contribution in [3.05, 3.63) is 81.9 Å². The number of hydrogen-bond donors (Lipinski definition) is 2. The Morgan fingerprint density at radius 2 is 1.52 bits per heavy atom. The first-order valence-corrected chi connectivity index (χ1v) is 10.9. The first-order valence-electron chi connectivity index (χ1n) is 10.5. The molecule has 0 fully saturated rings. The molecule has 0 spiro atoms. The highest BCUT2D eigenvalue weighted by atomic mass is 32.1. The maximum Gasteiger partial charge on any atom is 0.414 e. The zero-order chi connectivity index (χ0) is 22.3. The molecule has 0 heterocycles. The number of benzene rings is 3. The second kappa shape index (κ2) is 8.40. The molecule has 4 nitrogen and oxygen atoms in total. The van der Waals surface area contributed by atoms with Gasteiger partial charge in [0.1, 0.15) is 6.61 Å². The predicted octanol–water partition coefficient (Wildman–Crippen LogP) is 5.74. The van der Waals surface area contributed by atoms with Gasteiger partial charge in [-0.2, -0.15) is 0 Å². The predicted molar refractivity (Wildman–Crippen MR) is 129 cm³/mol. The van der Waals surface area contributed by atoms with Crippen LogP contribution in [0.25, 0.3) is 11.1 Å². The summed E-state index contributed by atoms with van der Waals surface area (Å²) in [5.74, 6) is 0.0324. The van der Waals surface area contributed by atoms with Gasteiger partial charge in [-0.25, -0.2) is 4.79 Å². The molecule has 31 heavy (non-hydrogen) atoms. The van der Waals surface area contributed by atoms with Crippen molar-refractivity contribution in [2.24, 2.45) is 5.73 Å². The summed E-state index contributed by atoms with van der Waals surface area (Å²) < 4.78 is 5.84. The zero-order valence-electron chi connectivity index (χ0n) is 18.4. The van der Waals surface area contributed by atoms with Gasteiger partial charge in [-0.1, -0.05) is 48.5 Å². The van der Waals surface area contributed by atoms with E-state index in [4.69, 9.17) is 10.5 Å². The Labute approximate surface area is 189 Å². The Morgan fingerprint density at radius 1 is 0.968 bits per heavy atom. The molecule has 0 radical (unpaired) electrons. The minimum Gasteiger partial charge on any atom is -0.448 e. The third kappa shape index (κ3) is 3.52. The highest BCUT2D eigenvalue weighted by Gasteiger charge is 2.30. The fraction of sp³-hybridized carbons (Fsp3) is 0.269. The van der Waals surface area contributed by atoms with Gasteiger partial charge in [-0.3, -0.25) is 4.90 Å². The average Bonchev–Trinajstić information content (AvgIpc) is 3.10. The minimum atomic E-state index is -0.382. The number of hydrogen-bond acceptors (Lipinski definition) is 4. The van der Waals surface area contributed by atoms with Gasteiger partial charge in [0.15, 0.2) is 0 Å². The standard InChI is InChI=1S/C26H28N2O2S/c1-15-22(13-27)16(2)25(31)17(3)24(15)28(4)26(29)30-14-23-20-11-7-5-9-18(20)19-10-6-8-12-21(19)23/h5-12,23,31H,13-14,27H2,1-4H3. The summed E-state index contributed by atoms with van der Waals surface area (Å²) in [6.07, 6.45) is -0.382. The Bertz CT molecular complexity index is 1130. The number of carbonyl (C=O) groups excluding carboxylic acids is 1. The molecule has 160 valence electrons. The number of amides is 1. The van der Waals surface area contributed by atoms with Crippen molar-refractivity contribution in [2.75, 3.05) is 18.6 Å². The summed E-state index contributed by atoms with van der Waals surface area (Å²) in [5.41, 5.74) is 15.6. The van der Waals surface area contributed by atoms with Crippen LogP contribution in [0.2, 0.25) is 0 Å². The summed E-state index contributed by atoms with van der Waals surface area (Å²) in [5, 5.41) is 0. The molecule has 0 aliphatic heterocycles. The third-order valence-corrected chi connectivity index (χ3v) is 7.15. The summed E-state index contributed by atoms with van der Waals surface area (Å²) in [7, 11) is 1.75. The minimum absolute atomic E-state index is 0.0324. The fourth-order valence-electron chi connectivity index (χ4n) is 4.83. The molecule has 0 atom stereocenters. The van der Waals surface area contributed by atoms with Crippen molar-refractivity contribution in [1.82, 2.24) is 0 Å². The molecule has 3 aromatic carbocycles. The van der Waals surface area contributed by atoms with Crippen molar-refractivity contribution in [1.29, 1.82) is 0 Å². The quantitative estimate of drug-likeness (QED) is 0.517. The number of nitrogens with two attached hydrogens (primary N) is 1. The number of rotatable bonds is 4. The van der Waals surface area contributed by atoms with E-state index in [9.17, 15) is 4.79 Å². The van der Waals surface area contributed by atoms with Gasteiger partial charge in [-0.15, -0.1) is 12.6 Å². The lowest BCUT2D eigenvalue weighted by atomic mass is 9.96. The Kier molecular flexibility index (Phi) is 5.82. The molecule has 1 aliphatic rings. The van der Waals surface area contributed by atoms with Crippen LogP contribution in [0.15, 0.2) is 53.4 Å². The lowest BCUT2D eigenvalue weighted by Crippen LogP contribution is -2.30. The normalized spacial score (nSPS) is 12.5. The third-order valence-electron chi connectivity index (χ3n) is 6.48. The van der Waals surface area contributed by atoms with Gasteiger partial charge in [0.25, 0.3) is 0 Å². The summed E-state index contributed by atoms with van der Waals surface area (Å²) >= 11 is 4.67. The zero-order valence-corrected chi connectivity index (χ0v) is 19.3. The summed E-state index contributed by atoms with van der Waals surface area (Å²) in [4.78, 5) is 15.5. The average molecular weight is 433 g/mol. The van der Waals surface area contributed by atoms with Gasteiger partial charge >= 0.3 is 6.09 Å². The number of fused-ring (bicyclic) bond motifs is 3. The van der Waals surface area contributed by atoms with E-state index >= 15 is 0 Å². The first kappa shape index (κ1) is 21.5. The van der Waals surface area contributed by atoms with E-state index in [2.05, 4.69) is 36.9 Å². The van der Waals surface area contributed by atoms with Crippen molar-refractivity contribution < 1.29 is 9.53 Å². The van der Waals surface area contributed by atoms with Crippen LogP contribution in [-0.2, 0) is 11.3 Å². The molecule has 0 aromatic heterocycles. The van der Waals surface area contributed by atoms with Crippen LogP contribution >= 0.6 is 12.6 Å². The molecule has 3 aromatic rings. The monoisotopic (exact) mass is 432 g/mol. The molecule has 1 aliphatic carbocycles. The number of nitrogens with zero attached hydrogens (tertiary/aromatic N) is 1. The Morgan fingerprint density at radius 3 is 2.06 bits per heavy atom. The largest absolute Gasteiger partial charge is 0.448 e. The molecule has 0 bridgehead atoms. The molecule has 0 saturated heterocycles. The molecule has 1 amide bonds. The van der Waals surface area contributed by atoms with E-state index in [0.717, 1.165) is 32.8 Å². The van der Waals surface area contributed by atoms with Gasteiger partial charge < -0.3 is 10.5 Å². The molecular weight excluding hydrogens is 404 g/mol.